The van der Waals surface area contributed by atoms with Crippen molar-refractivity contribution < 1.29 is 32.6 Å². The van der Waals surface area contributed by atoms with Crippen LogP contribution < -0.4 is 14.8 Å². The number of amides is 2. The van der Waals surface area contributed by atoms with Gasteiger partial charge in [0.05, 0.1) is 19.8 Å². The molecule has 1 fully saturated rings. The van der Waals surface area contributed by atoms with Crippen molar-refractivity contribution in [1.29, 1.82) is 0 Å². The van der Waals surface area contributed by atoms with Crippen LogP contribution in [0.5, 0.6) is 11.5 Å². The Morgan fingerprint density at radius 2 is 1.77 bits per heavy atom. The molecule has 0 unspecified atom stereocenters. The average molecular weight is 538 g/mol. The summed E-state index contributed by atoms with van der Waals surface area (Å²) in [5.41, 5.74) is 0.241. The van der Waals surface area contributed by atoms with Crippen molar-refractivity contribution in [3.63, 3.8) is 0 Å². The maximum atomic E-state index is 14.1. The Bertz CT molecular complexity index is 1320. The third-order valence-corrected chi connectivity index (χ3v) is 6.50. The van der Waals surface area contributed by atoms with Gasteiger partial charge in [-0.15, -0.1) is 0 Å². The third kappa shape index (κ3) is 6.46. The van der Waals surface area contributed by atoms with E-state index < -0.39 is 17.5 Å². The number of benzene rings is 1. The summed E-state index contributed by atoms with van der Waals surface area (Å²) >= 11 is 0. The lowest BCUT2D eigenvalue weighted by Crippen LogP contribution is -2.49. The van der Waals surface area contributed by atoms with E-state index in [9.17, 15) is 9.59 Å². The maximum Gasteiger partial charge on any atom is 0.290 e. The number of nitrogens with zero attached hydrogens (tertiary/aromatic N) is 2. The highest BCUT2D eigenvalue weighted by atomic mass is 16.7. The van der Waals surface area contributed by atoms with Gasteiger partial charge in [-0.25, -0.2) is 0 Å². The number of carbonyl (C=O) groups is 2. The summed E-state index contributed by atoms with van der Waals surface area (Å²) in [7, 11) is 0. The number of ether oxygens (including phenoxy) is 3. The van der Waals surface area contributed by atoms with Crippen LogP contribution in [-0.4, -0.2) is 60.2 Å². The first-order chi connectivity index (χ1) is 18.7. The molecule has 2 aliphatic heterocycles. The largest absolute Gasteiger partial charge is 0.464 e. The molecule has 0 aliphatic carbocycles. The molecule has 4 heterocycles. The average Bonchev–Trinajstić information content (AvgIpc) is 3.64. The fourth-order valence-electron chi connectivity index (χ4n) is 4.68. The molecule has 1 atom stereocenters. The van der Waals surface area contributed by atoms with Crippen LogP contribution in [0.15, 0.2) is 51.3 Å². The first kappa shape index (κ1) is 26.8. The van der Waals surface area contributed by atoms with Gasteiger partial charge in [0.2, 0.25) is 6.79 Å². The second-order valence-electron chi connectivity index (χ2n) is 10.9. The number of nitrogens with one attached hydrogen (secondary N) is 1. The first-order valence-electron chi connectivity index (χ1n) is 13.1. The Morgan fingerprint density at radius 3 is 2.49 bits per heavy atom. The second kappa shape index (κ2) is 11.2. The number of aryl methyl sites for hydroxylation is 1. The molecule has 2 aliphatic rings. The van der Waals surface area contributed by atoms with E-state index in [1.807, 2.05) is 39.0 Å². The zero-order valence-electron chi connectivity index (χ0n) is 22.8. The van der Waals surface area contributed by atoms with Crippen LogP contribution in [0, 0.1) is 6.92 Å². The standard InChI is InChI=1S/C29H35N3O7/c1-19-5-8-23(38-19)26(27(33)30-29(2,3)4)32(16-20-6-9-22-25(15-20)37-18-36-22)28(34)24-10-7-21(39-24)17-31-11-13-35-14-12-31/h5-10,15,26H,11-14,16-18H2,1-4H3,(H,30,33)/t26-/m1/s1. The Balaban J connectivity index is 1.49. The van der Waals surface area contributed by atoms with Gasteiger partial charge in [0.15, 0.2) is 23.3 Å². The van der Waals surface area contributed by atoms with Crippen molar-refractivity contribution in [2.24, 2.45) is 0 Å². The van der Waals surface area contributed by atoms with Crippen molar-refractivity contribution in [2.75, 3.05) is 33.1 Å². The van der Waals surface area contributed by atoms with E-state index in [-0.39, 0.29) is 25.0 Å². The quantitative estimate of drug-likeness (QED) is 0.459. The Kier molecular flexibility index (Phi) is 7.67. The lowest BCUT2D eigenvalue weighted by Gasteiger charge is -2.32. The van der Waals surface area contributed by atoms with Gasteiger partial charge in [-0.2, -0.15) is 0 Å². The predicted octanol–water partition coefficient (Wildman–Crippen LogP) is 4.04. The molecular formula is C29H35N3O7. The van der Waals surface area contributed by atoms with E-state index in [2.05, 4.69) is 10.2 Å². The van der Waals surface area contributed by atoms with Crippen LogP contribution >= 0.6 is 0 Å². The molecule has 2 amide bonds. The molecule has 5 rings (SSSR count). The number of furan rings is 2. The molecule has 2 aromatic heterocycles. The van der Waals surface area contributed by atoms with E-state index in [1.165, 1.54) is 4.90 Å². The smallest absolute Gasteiger partial charge is 0.290 e. The molecular weight excluding hydrogens is 502 g/mol. The van der Waals surface area contributed by atoms with Crippen molar-refractivity contribution in [3.8, 4) is 11.5 Å². The normalized spacial score (nSPS) is 16.2. The Labute approximate surface area is 227 Å². The highest BCUT2D eigenvalue weighted by Crippen LogP contribution is 2.34. The van der Waals surface area contributed by atoms with Crippen molar-refractivity contribution in [1.82, 2.24) is 15.1 Å². The van der Waals surface area contributed by atoms with E-state index in [0.29, 0.717) is 48.5 Å². The summed E-state index contributed by atoms with van der Waals surface area (Å²) in [6.07, 6.45) is 0. The monoisotopic (exact) mass is 537 g/mol. The molecule has 1 saturated heterocycles. The van der Waals surface area contributed by atoms with Gasteiger partial charge in [0, 0.05) is 25.2 Å². The molecule has 3 aromatic rings. The molecule has 0 radical (unpaired) electrons. The number of morpholine rings is 1. The topological polar surface area (TPSA) is 107 Å². The molecule has 0 saturated carbocycles. The van der Waals surface area contributed by atoms with Gasteiger partial charge in [0.1, 0.15) is 17.3 Å². The van der Waals surface area contributed by atoms with Crippen molar-refractivity contribution >= 4 is 11.8 Å². The van der Waals surface area contributed by atoms with Crippen LogP contribution in [-0.2, 0) is 22.6 Å². The summed E-state index contributed by atoms with van der Waals surface area (Å²) in [5.74, 6) is 2.27. The predicted molar refractivity (Wildman–Crippen MR) is 141 cm³/mol. The summed E-state index contributed by atoms with van der Waals surface area (Å²) in [5, 5.41) is 3.01. The lowest BCUT2D eigenvalue weighted by molar-refractivity contribution is -0.128. The highest BCUT2D eigenvalue weighted by Gasteiger charge is 2.37. The molecule has 10 nitrogen and oxygen atoms in total. The zero-order chi connectivity index (χ0) is 27.6. The highest BCUT2D eigenvalue weighted by molar-refractivity contribution is 5.96. The first-order valence-corrected chi connectivity index (χ1v) is 13.1. The minimum atomic E-state index is -1.04. The summed E-state index contributed by atoms with van der Waals surface area (Å²) < 4.78 is 28.4. The molecule has 1 aromatic carbocycles. The number of carbonyl (C=O) groups excluding carboxylic acids is 2. The van der Waals surface area contributed by atoms with Gasteiger partial charge < -0.3 is 33.3 Å². The molecule has 0 bridgehead atoms. The van der Waals surface area contributed by atoms with Gasteiger partial charge in [0.25, 0.3) is 11.8 Å². The number of fused-ring (bicyclic) bond motifs is 1. The molecule has 208 valence electrons. The minimum absolute atomic E-state index is 0.108. The Hall–Kier alpha value is -3.76. The van der Waals surface area contributed by atoms with E-state index in [4.69, 9.17) is 23.0 Å². The summed E-state index contributed by atoms with van der Waals surface area (Å²) in [4.78, 5) is 31.5. The zero-order valence-corrected chi connectivity index (χ0v) is 22.8. The molecule has 39 heavy (non-hydrogen) atoms. The lowest BCUT2D eigenvalue weighted by atomic mass is 10.0. The minimum Gasteiger partial charge on any atom is -0.464 e. The molecule has 1 N–H and O–H groups in total. The fraction of sp³-hybridized carbons (Fsp3) is 0.448. The number of hydrogen-bond acceptors (Lipinski definition) is 8. The van der Waals surface area contributed by atoms with E-state index in [0.717, 1.165) is 18.7 Å². The van der Waals surface area contributed by atoms with E-state index in [1.54, 1.807) is 31.2 Å². The van der Waals surface area contributed by atoms with Crippen LogP contribution in [0.2, 0.25) is 0 Å². The van der Waals surface area contributed by atoms with Gasteiger partial charge in [-0.1, -0.05) is 6.07 Å². The van der Waals surface area contributed by atoms with Crippen LogP contribution in [0.1, 0.15) is 60.2 Å². The van der Waals surface area contributed by atoms with Crippen molar-refractivity contribution in [3.05, 3.63) is 71.1 Å². The molecule has 0 spiro atoms. The molecule has 10 heteroatoms. The van der Waals surface area contributed by atoms with Gasteiger partial charge in [-0.3, -0.25) is 14.5 Å². The van der Waals surface area contributed by atoms with Crippen LogP contribution in [0.25, 0.3) is 0 Å². The van der Waals surface area contributed by atoms with Crippen LogP contribution in [0.3, 0.4) is 0 Å². The van der Waals surface area contributed by atoms with E-state index >= 15 is 0 Å². The second-order valence-corrected chi connectivity index (χ2v) is 10.9. The number of rotatable bonds is 8. The fourth-order valence-corrected chi connectivity index (χ4v) is 4.68. The third-order valence-electron chi connectivity index (χ3n) is 6.50. The number of hydrogen-bond donors (Lipinski definition) is 1. The van der Waals surface area contributed by atoms with Gasteiger partial charge >= 0.3 is 0 Å². The summed E-state index contributed by atoms with van der Waals surface area (Å²) in [6, 6.07) is 11.4. The van der Waals surface area contributed by atoms with Gasteiger partial charge in [-0.05, 0) is 69.7 Å². The Morgan fingerprint density at radius 1 is 1.00 bits per heavy atom. The van der Waals surface area contributed by atoms with Crippen LogP contribution in [0.4, 0.5) is 0 Å². The maximum absolute atomic E-state index is 14.1. The van der Waals surface area contributed by atoms with Crippen molar-refractivity contribution in [2.45, 2.75) is 52.4 Å². The SMILES string of the molecule is Cc1ccc([C@H](C(=O)NC(C)(C)C)N(Cc2ccc3c(c2)OCO3)C(=O)c2ccc(CN3CCOCC3)o2)o1. The summed E-state index contributed by atoms with van der Waals surface area (Å²) in [6.45, 7) is 11.2.